The van der Waals surface area contributed by atoms with Crippen molar-refractivity contribution in [1.29, 1.82) is 0 Å². The van der Waals surface area contributed by atoms with Gasteiger partial charge in [-0.1, -0.05) is 56.3 Å². The number of nitrogens with zero attached hydrogens (tertiary/aromatic N) is 1. The van der Waals surface area contributed by atoms with Crippen molar-refractivity contribution in [2.45, 2.75) is 25.2 Å². The van der Waals surface area contributed by atoms with Gasteiger partial charge in [0.15, 0.2) is 5.96 Å². The molecule has 3 N–H and O–H groups in total. The number of benzene rings is 2. The lowest BCUT2D eigenvalue weighted by Gasteiger charge is -2.27. The number of aliphatic hydroxyl groups excluding tert-OH is 1. The standard InChI is InChI=1S/C22H31N3O2/c1-22(2,19-11-8-12-20(13-19)27-4)16-25-21(23-3)24-14-18(15-26)17-9-6-5-7-10-17/h5-13,18,26H,14-16H2,1-4H3,(H2,23,24,25). The Hall–Kier alpha value is -2.53. The van der Waals surface area contributed by atoms with Gasteiger partial charge in [-0.3, -0.25) is 4.99 Å². The minimum Gasteiger partial charge on any atom is -0.497 e. The molecule has 0 amide bonds. The van der Waals surface area contributed by atoms with E-state index in [9.17, 15) is 5.11 Å². The highest BCUT2D eigenvalue weighted by Gasteiger charge is 2.21. The fourth-order valence-corrected chi connectivity index (χ4v) is 2.90. The maximum absolute atomic E-state index is 9.71. The van der Waals surface area contributed by atoms with Crippen LogP contribution in [0.15, 0.2) is 59.6 Å². The molecule has 0 saturated carbocycles. The van der Waals surface area contributed by atoms with Gasteiger partial charge in [-0.05, 0) is 23.3 Å². The van der Waals surface area contributed by atoms with Crippen molar-refractivity contribution < 1.29 is 9.84 Å². The fourth-order valence-electron chi connectivity index (χ4n) is 2.90. The second-order valence-corrected chi connectivity index (χ2v) is 7.21. The molecule has 0 radical (unpaired) electrons. The third-order valence-corrected chi connectivity index (χ3v) is 4.78. The summed E-state index contributed by atoms with van der Waals surface area (Å²) in [5.41, 5.74) is 2.21. The summed E-state index contributed by atoms with van der Waals surface area (Å²) in [4.78, 5) is 4.31. The number of hydrogen-bond acceptors (Lipinski definition) is 3. The molecule has 5 heteroatoms. The lowest BCUT2D eigenvalue weighted by Crippen LogP contribution is -2.44. The van der Waals surface area contributed by atoms with E-state index in [-0.39, 0.29) is 17.9 Å². The Bertz CT molecular complexity index is 729. The minimum atomic E-state index is -0.0953. The SMILES string of the molecule is CN=C(NCC(CO)c1ccccc1)NCC(C)(C)c1cccc(OC)c1. The first-order valence-electron chi connectivity index (χ1n) is 9.25. The summed E-state index contributed by atoms with van der Waals surface area (Å²) in [5.74, 6) is 1.60. The monoisotopic (exact) mass is 369 g/mol. The van der Waals surface area contributed by atoms with Gasteiger partial charge in [-0.2, -0.15) is 0 Å². The number of nitrogens with one attached hydrogen (secondary N) is 2. The van der Waals surface area contributed by atoms with Gasteiger partial charge in [0.1, 0.15) is 5.75 Å². The van der Waals surface area contributed by atoms with Crippen molar-refractivity contribution in [2.75, 3.05) is 33.9 Å². The highest BCUT2D eigenvalue weighted by Crippen LogP contribution is 2.25. The summed E-state index contributed by atoms with van der Waals surface area (Å²) in [5, 5.41) is 16.4. The van der Waals surface area contributed by atoms with E-state index in [2.05, 4.69) is 41.6 Å². The molecule has 2 aromatic rings. The van der Waals surface area contributed by atoms with E-state index < -0.39 is 0 Å². The molecule has 0 spiro atoms. The Morgan fingerprint density at radius 1 is 1.11 bits per heavy atom. The molecule has 0 aliphatic heterocycles. The van der Waals surface area contributed by atoms with E-state index in [0.717, 1.165) is 23.8 Å². The second kappa shape index (κ2) is 9.97. The van der Waals surface area contributed by atoms with Crippen molar-refractivity contribution in [3.05, 3.63) is 65.7 Å². The number of methoxy groups -OCH3 is 1. The summed E-state index contributed by atoms with van der Waals surface area (Å²) in [6, 6.07) is 18.2. The van der Waals surface area contributed by atoms with Gasteiger partial charge in [0.2, 0.25) is 0 Å². The Balaban J connectivity index is 1.94. The van der Waals surface area contributed by atoms with Gasteiger partial charge < -0.3 is 20.5 Å². The van der Waals surface area contributed by atoms with Crippen LogP contribution in [-0.4, -0.2) is 44.9 Å². The van der Waals surface area contributed by atoms with Crippen molar-refractivity contribution in [3.63, 3.8) is 0 Å². The molecule has 0 fully saturated rings. The topological polar surface area (TPSA) is 65.9 Å². The molecule has 0 aromatic heterocycles. The molecule has 2 rings (SSSR count). The number of rotatable bonds is 8. The largest absolute Gasteiger partial charge is 0.497 e. The molecule has 146 valence electrons. The van der Waals surface area contributed by atoms with Crippen LogP contribution in [0.1, 0.15) is 30.9 Å². The summed E-state index contributed by atoms with van der Waals surface area (Å²) in [7, 11) is 3.44. The highest BCUT2D eigenvalue weighted by atomic mass is 16.5. The van der Waals surface area contributed by atoms with Crippen molar-refractivity contribution in [3.8, 4) is 5.75 Å². The minimum absolute atomic E-state index is 0.0242. The average molecular weight is 370 g/mol. The maximum Gasteiger partial charge on any atom is 0.191 e. The Morgan fingerprint density at radius 3 is 2.48 bits per heavy atom. The highest BCUT2D eigenvalue weighted by molar-refractivity contribution is 5.79. The average Bonchev–Trinajstić information content (AvgIpc) is 2.71. The van der Waals surface area contributed by atoms with Gasteiger partial charge in [0.25, 0.3) is 0 Å². The summed E-state index contributed by atoms with van der Waals surface area (Å²) in [6.45, 7) is 5.78. The summed E-state index contributed by atoms with van der Waals surface area (Å²) in [6.07, 6.45) is 0. The molecule has 0 aliphatic carbocycles. The smallest absolute Gasteiger partial charge is 0.191 e. The molecular formula is C22H31N3O2. The quantitative estimate of drug-likeness (QED) is 0.494. The van der Waals surface area contributed by atoms with Gasteiger partial charge in [-0.15, -0.1) is 0 Å². The first kappa shape index (κ1) is 20.8. The molecular weight excluding hydrogens is 338 g/mol. The van der Waals surface area contributed by atoms with E-state index in [4.69, 9.17) is 4.74 Å². The number of guanidine groups is 1. The molecule has 27 heavy (non-hydrogen) atoms. The van der Waals surface area contributed by atoms with Gasteiger partial charge in [-0.25, -0.2) is 0 Å². The molecule has 0 heterocycles. The van der Waals surface area contributed by atoms with Crippen LogP contribution in [0.3, 0.4) is 0 Å². The van der Waals surface area contributed by atoms with E-state index >= 15 is 0 Å². The lowest BCUT2D eigenvalue weighted by atomic mass is 9.84. The Labute approximate surface area is 162 Å². The zero-order valence-corrected chi connectivity index (χ0v) is 16.7. The predicted octanol–water partition coefficient (Wildman–Crippen LogP) is 2.91. The number of aliphatic hydroxyl groups is 1. The van der Waals surface area contributed by atoms with Crippen LogP contribution in [0, 0.1) is 0 Å². The van der Waals surface area contributed by atoms with Crippen molar-refractivity contribution in [2.24, 2.45) is 4.99 Å². The fraction of sp³-hybridized carbons (Fsp3) is 0.409. The number of hydrogen-bond donors (Lipinski definition) is 3. The predicted molar refractivity (Wildman–Crippen MR) is 112 cm³/mol. The molecule has 1 unspecified atom stereocenters. The summed E-state index contributed by atoms with van der Waals surface area (Å²) >= 11 is 0. The van der Waals surface area contributed by atoms with Crippen LogP contribution in [-0.2, 0) is 5.41 Å². The third-order valence-electron chi connectivity index (χ3n) is 4.78. The van der Waals surface area contributed by atoms with E-state index in [1.165, 1.54) is 5.56 Å². The number of ether oxygens (including phenoxy) is 1. The Kier molecular flexibility index (Phi) is 7.67. The van der Waals surface area contributed by atoms with Crippen LogP contribution < -0.4 is 15.4 Å². The van der Waals surface area contributed by atoms with Crippen LogP contribution in [0.5, 0.6) is 5.75 Å². The summed E-state index contributed by atoms with van der Waals surface area (Å²) < 4.78 is 5.34. The number of aliphatic imine (C=N–C) groups is 1. The van der Waals surface area contributed by atoms with Crippen LogP contribution >= 0.6 is 0 Å². The van der Waals surface area contributed by atoms with Crippen molar-refractivity contribution >= 4 is 5.96 Å². The van der Waals surface area contributed by atoms with E-state index in [1.54, 1.807) is 14.2 Å². The normalized spacial score (nSPS) is 13.1. The van der Waals surface area contributed by atoms with Gasteiger partial charge >= 0.3 is 0 Å². The van der Waals surface area contributed by atoms with Gasteiger partial charge in [0.05, 0.1) is 13.7 Å². The van der Waals surface area contributed by atoms with Crippen molar-refractivity contribution in [1.82, 2.24) is 10.6 Å². The Morgan fingerprint density at radius 2 is 1.85 bits per heavy atom. The molecule has 1 atom stereocenters. The molecule has 0 saturated heterocycles. The van der Waals surface area contributed by atoms with Gasteiger partial charge in [0, 0.05) is 31.5 Å². The van der Waals surface area contributed by atoms with E-state index in [1.807, 2.05) is 42.5 Å². The second-order valence-electron chi connectivity index (χ2n) is 7.21. The lowest BCUT2D eigenvalue weighted by molar-refractivity contribution is 0.265. The third kappa shape index (κ3) is 6.00. The molecule has 0 aliphatic rings. The maximum atomic E-state index is 9.71. The van der Waals surface area contributed by atoms with Crippen LogP contribution in [0.2, 0.25) is 0 Å². The molecule has 2 aromatic carbocycles. The van der Waals surface area contributed by atoms with E-state index in [0.29, 0.717) is 6.54 Å². The zero-order chi connectivity index (χ0) is 19.7. The molecule has 0 bridgehead atoms. The van der Waals surface area contributed by atoms with Crippen LogP contribution in [0.4, 0.5) is 0 Å². The first-order chi connectivity index (χ1) is 13.0. The zero-order valence-electron chi connectivity index (χ0n) is 16.7. The molecule has 5 nitrogen and oxygen atoms in total. The van der Waals surface area contributed by atoms with Crippen LogP contribution in [0.25, 0.3) is 0 Å². The first-order valence-corrected chi connectivity index (χ1v) is 9.25.